The first kappa shape index (κ1) is 10.6. The fraction of sp³-hybridized carbons (Fsp3) is 0.375. The SMILES string of the molecule is CCc1occ(C(F)(F)F)c1C(=O)O. The van der Waals surface area contributed by atoms with E-state index in [2.05, 4.69) is 4.42 Å². The lowest BCUT2D eigenvalue weighted by atomic mass is 10.1. The second kappa shape index (κ2) is 3.36. The van der Waals surface area contributed by atoms with Gasteiger partial charge >= 0.3 is 12.1 Å². The standard InChI is InChI=1S/C8H7F3O3/c1-2-5-6(7(12)13)4(3-14-5)8(9,10)11/h3H,2H2,1H3,(H,12,13). The topological polar surface area (TPSA) is 50.4 Å². The lowest BCUT2D eigenvalue weighted by Crippen LogP contribution is -2.11. The van der Waals surface area contributed by atoms with Crippen LogP contribution in [0.15, 0.2) is 10.7 Å². The van der Waals surface area contributed by atoms with Crippen molar-refractivity contribution < 1.29 is 27.5 Å². The van der Waals surface area contributed by atoms with E-state index in [4.69, 9.17) is 5.11 Å². The monoisotopic (exact) mass is 208 g/mol. The summed E-state index contributed by atoms with van der Waals surface area (Å²) in [6.07, 6.45) is -4.15. The smallest absolute Gasteiger partial charge is 0.420 e. The Bertz CT molecular complexity index is 351. The van der Waals surface area contributed by atoms with Gasteiger partial charge in [-0.3, -0.25) is 0 Å². The van der Waals surface area contributed by atoms with E-state index in [9.17, 15) is 18.0 Å². The van der Waals surface area contributed by atoms with Crippen molar-refractivity contribution in [2.24, 2.45) is 0 Å². The van der Waals surface area contributed by atoms with Gasteiger partial charge in [0.1, 0.15) is 23.2 Å². The number of carboxylic acids is 1. The third-order valence-corrected chi connectivity index (χ3v) is 1.71. The van der Waals surface area contributed by atoms with Crippen LogP contribution in [0.25, 0.3) is 0 Å². The quantitative estimate of drug-likeness (QED) is 0.812. The molecule has 0 aliphatic heterocycles. The first-order valence-electron chi connectivity index (χ1n) is 3.78. The molecule has 0 atom stereocenters. The van der Waals surface area contributed by atoms with Crippen LogP contribution < -0.4 is 0 Å². The largest absolute Gasteiger partial charge is 0.478 e. The number of halogens is 3. The molecular weight excluding hydrogens is 201 g/mol. The van der Waals surface area contributed by atoms with Crippen LogP contribution in [0.2, 0.25) is 0 Å². The maximum atomic E-state index is 12.2. The van der Waals surface area contributed by atoms with Crippen molar-refractivity contribution >= 4 is 5.97 Å². The van der Waals surface area contributed by atoms with Crippen LogP contribution >= 0.6 is 0 Å². The summed E-state index contributed by atoms with van der Waals surface area (Å²) in [4.78, 5) is 10.5. The highest BCUT2D eigenvalue weighted by atomic mass is 19.4. The van der Waals surface area contributed by atoms with Crippen molar-refractivity contribution in [3.05, 3.63) is 23.2 Å². The molecule has 0 fully saturated rings. The number of rotatable bonds is 2. The molecule has 1 aromatic heterocycles. The molecule has 3 nitrogen and oxygen atoms in total. The summed E-state index contributed by atoms with van der Waals surface area (Å²) >= 11 is 0. The predicted molar refractivity (Wildman–Crippen MR) is 40.0 cm³/mol. The average molecular weight is 208 g/mol. The Hall–Kier alpha value is -1.46. The van der Waals surface area contributed by atoms with Gasteiger partial charge in [0.25, 0.3) is 0 Å². The summed E-state index contributed by atoms with van der Waals surface area (Å²) in [7, 11) is 0. The summed E-state index contributed by atoms with van der Waals surface area (Å²) in [5, 5.41) is 8.57. The Kier molecular flexibility index (Phi) is 2.55. The molecule has 1 N–H and O–H groups in total. The first-order valence-corrected chi connectivity index (χ1v) is 3.78. The summed E-state index contributed by atoms with van der Waals surface area (Å²) < 4.78 is 41.2. The maximum absolute atomic E-state index is 12.2. The summed E-state index contributed by atoms with van der Waals surface area (Å²) in [5.41, 5.74) is -2.03. The Labute approximate surface area is 77.1 Å². The Balaban J connectivity index is 3.32. The van der Waals surface area contributed by atoms with E-state index in [1.807, 2.05) is 0 Å². The molecule has 1 heterocycles. The van der Waals surface area contributed by atoms with Crippen LogP contribution in [0.3, 0.4) is 0 Å². The van der Waals surface area contributed by atoms with Crippen molar-refractivity contribution in [2.75, 3.05) is 0 Å². The third kappa shape index (κ3) is 1.73. The molecule has 14 heavy (non-hydrogen) atoms. The highest BCUT2D eigenvalue weighted by Crippen LogP contribution is 2.34. The van der Waals surface area contributed by atoms with Crippen LogP contribution in [-0.4, -0.2) is 11.1 Å². The van der Waals surface area contributed by atoms with Gasteiger partial charge in [-0.25, -0.2) is 4.79 Å². The van der Waals surface area contributed by atoms with Crippen LogP contribution in [0, 0.1) is 0 Å². The van der Waals surface area contributed by atoms with Gasteiger partial charge in [-0.1, -0.05) is 6.92 Å². The minimum absolute atomic E-state index is 0.109. The van der Waals surface area contributed by atoms with Gasteiger partial charge in [-0.2, -0.15) is 13.2 Å². The molecule has 0 saturated carbocycles. The Morgan fingerprint density at radius 2 is 2.14 bits per heavy atom. The highest BCUT2D eigenvalue weighted by Gasteiger charge is 2.38. The number of carboxylic acid groups (broad SMARTS) is 1. The number of alkyl halides is 3. The number of hydrogen-bond acceptors (Lipinski definition) is 2. The lowest BCUT2D eigenvalue weighted by Gasteiger charge is -2.03. The molecule has 0 spiro atoms. The van der Waals surface area contributed by atoms with Crippen molar-refractivity contribution in [2.45, 2.75) is 19.5 Å². The van der Waals surface area contributed by atoms with Crippen LogP contribution in [0.4, 0.5) is 13.2 Å². The third-order valence-electron chi connectivity index (χ3n) is 1.71. The predicted octanol–water partition coefficient (Wildman–Crippen LogP) is 2.56. The second-order valence-corrected chi connectivity index (χ2v) is 2.60. The zero-order valence-corrected chi connectivity index (χ0v) is 7.18. The van der Waals surface area contributed by atoms with Crippen LogP contribution in [0.1, 0.15) is 28.6 Å². The molecule has 0 saturated heterocycles. The summed E-state index contributed by atoms with van der Waals surface area (Å²) in [6.45, 7) is 1.52. The van der Waals surface area contributed by atoms with Gasteiger partial charge < -0.3 is 9.52 Å². The number of aromatic carboxylic acids is 1. The van der Waals surface area contributed by atoms with Gasteiger partial charge in [0, 0.05) is 6.42 Å². The minimum atomic E-state index is -4.69. The van der Waals surface area contributed by atoms with Gasteiger partial charge in [0.2, 0.25) is 0 Å². The fourth-order valence-corrected chi connectivity index (χ4v) is 1.10. The molecule has 0 radical (unpaired) electrons. The highest BCUT2D eigenvalue weighted by molar-refractivity contribution is 5.90. The van der Waals surface area contributed by atoms with E-state index in [-0.39, 0.29) is 12.2 Å². The summed E-state index contributed by atoms with van der Waals surface area (Å²) in [5.74, 6) is -1.78. The summed E-state index contributed by atoms with van der Waals surface area (Å²) in [6, 6.07) is 0. The van der Waals surface area contributed by atoms with Crippen molar-refractivity contribution in [1.82, 2.24) is 0 Å². The van der Waals surface area contributed by atoms with E-state index in [1.165, 1.54) is 6.92 Å². The molecule has 0 bridgehead atoms. The van der Waals surface area contributed by atoms with Crippen LogP contribution in [-0.2, 0) is 12.6 Å². The Morgan fingerprint density at radius 1 is 1.57 bits per heavy atom. The van der Waals surface area contributed by atoms with Crippen LogP contribution in [0.5, 0.6) is 0 Å². The van der Waals surface area contributed by atoms with Crippen molar-refractivity contribution in [1.29, 1.82) is 0 Å². The van der Waals surface area contributed by atoms with Gasteiger partial charge in [0.05, 0.1) is 0 Å². The number of aryl methyl sites for hydroxylation is 1. The maximum Gasteiger partial charge on any atom is 0.420 e. The fourth-order valence-electron chi connectivity index (χ4n) is 1.10. The molecular formula is C8H7F3O3. The van der Waals surface area contributed by atoms with Crippen molar-refractivity contribution in [3.8, 4) is 0 Å². The van der Waals surface area contributed by atoms with Gasteiger partial charge in [0.15, 0.2) is 0 Å². The molecule has 1 rings (SSSR count). The van der Waals surface area contributed by atoms with E-state index in [0.717, 1.165) is 0 Å². The molecule has 78 valence electrons. The van der Waals surface area contributed by atoms with E-state index in [0.29, 0.717) is 6.26 Å². The molecule has 0 amide bonds. The van der Waals surface area contributed by atoms with Gasteiger partial charge in [-0.05, 0) is 0 Å². The minimum Gasteiger partial charge on any atom is -0.478 e. The molecule has 0 aliphatic rings. The number of furan rings is 1. The molecule has 0 aliphatic carbocycles. The number of hydrogen-bond donors (Lipinski definition) is 1. The normalized spacial score (nSPS) is 11.7. The zero-order chi connectivity index (χ0) is 10.9. The lowest BCUT2D eigenvalue weighted by molar-refractivity contribution is -0.138. The number of carbonyl (C=O) groups is 1. The van der Waals surface area contributed by atoms with E-state index >= 15 is 0 Å². The second-order valence-electron chi connectivity index (χ2n) is 2.60. The Morgan fingerprint density at radius 3 is 2.50 bits per heavy atom. The van der Waals surface area contributed by atoms with E-state index in [1.54, 1.807) is 0 Å². The zero-order valence-electron chi connectivity index (χ0n) is 7.18. The average Bonchev–Trinajstić information content (AvgIpc) is 2.45. The van der Waals surface area contributed by atoms with E-state index < -0.39 is 23.3 Å². The molecule has 0 aromatic carbocycles. The van der Waals surface area contributed by atoms with Gasteiger partial charge in [-0.15, -0.1) is 0 Å². The molecule has 1 aromatic rings. The first-order chi connectivity index (χ1) is 6.38. The molecule has 0 unspecified atom stereocenters. The molecule has 6 heteroatoms. The van der Waals surface area contributed by atoms with Crippen molar-refractivity contribution in [3.63, 3.8) is 0 Å².